The molecule has 1 aromatic carbocycles. The van der Waals surface area contributed by atoms with Crippen molar-refractivity contribution in [1.29, 1.82) is 0 Å². The molecule has 6 heteroatoms. The molecule has 2 aromatic rings. The number of hydrogen-bond donors (Lipinski definition) is 0. The number of amides is 2. The summed E-state index contributed by atoms with van der Waals surface area (Å²) in [7, 11) is 0. The minimum Gasteiger partial charge on any atom is -0.494 e. The summed E-state index contributed by atoms with van der Waals surface area (Å²) in [6, 6.07) is 7.53. The van der Waals surface area contributed by atoms with E-state index < -0.39 is 11.7 Å². The number of hydrogen-bond acceptors (Lipinski definition) is 5. The van der Waals surface area contributed by atoms with Crippen LogP contribution in [-0.4, -0.2) is 35.7 Å². The van der Waals surface area contributed by atoms with Gasteiger partial charge in [-0.15, -0.1) is 0 Å². The standard InChI is InChI=1S/C19H23NO5/c1-5-23-14-6-7-15-12(8-14)9-16(24-15)13-10-17(21)20(11-13)18(22)25-19(2,3)4/h6-9,13H,5,10-11H2,1-4H3. The summed E-state index contributed by atoms with van der Waals surface area (Å²) in [4.78, 5) is 25.5. The maximum absolute atomic E-state index is 12.2. The minimum absolute atomic E-state index is 0.164. The molecule has 1 aromatic heterocycles. The molecule has 25 heavy (non-hydrogen) atoms. The number of fused-ring (bicyclic) bond motifs is 1. The molecule has 0 N–H and O–H groups in total. The fourth-order valence-corrected chi connectivity index (χ4v) is 2.89. The molecular weight excluding hydrogens is 322 g/mol. The first kappa shape index (κ1) is 17.3. The molecular formula is C19H23NO5. The van der Waals surface area contributed by atoms with Crippen molar-refractivity contribution >= 4 is 23.0 Å². The molecule has 0 bridgehead atoms. The van der Waals surface area contributed by atoms with E-state index >= 15 is 0 Å². The summed E-state index contributed by atoms with van der Waals surface area (Å²) in [6.07, 6.45) is -0.369. The fraction of sp³-hybridized carbons (Fsp3) is 0.474. The molecule has 1 unspecified atom stereocenters. The number of benzene rings is 1. The molecule has 0 spiro atoms. The third kappa shape index (κ3) is 3.78. The second-order valence-electron chi connectivity index (χ2n) is 7.17. The molecule has 134 valence electrons. The average Bonchev–Trinajstić information content (AvgIpc) is 3.08. The van der Waals surface area contributed by atoms with Crippen LogP contribution in [0.15, 0.2) is 28.7 Å². The van der Waals surface area contributed by atoms with Crippen LogP contribution in [0.2, 0.25) is 0 Å². The monoisotopic (exact) mass is 345 g/mol. The van der Waals surface area contributed by atoms with Crippen LogP contribution in [0.4, 0.5) is 4.79 Å². The summed E-state index contributed by atoms with van der Waals surface area (Å²) < 4.78 is 16.7. The zero-order chi connectivity index (χ0) is 18.2. The third-order valence-corrected chi connectivity index (χ3v) is 3.96. The number of furan rings is 1. The van der Waals surface area contributed by atoms with Crippen LogP contribution in [0.3, 0.4) is 0 Å². The predicted molar refractivity (Wildman–Crippen MR) is 92.7 cm³/mol. The molecule has 2 amide bonds. The quantitative estimate of drug-likeness (QED) is 0.838. The van der Waals surface area contributed by atoms with Crippen molar-refractivity contribution in [3.05, 3.63) is 30.0 Å². The summed E-state index contributed by atoms with van der Waals surface area (Å²) in [5.74, 6) is 1.07. The molecule has 6 nitrogen and oxygen atoms in total. The number of nitrogens with zero attached hydrogens (tertiary/aromatic N) is 1. The van der Waals surface area contributed by atoms with Crippen molar-refractivity contribution in [2.24, 2.45) is 0 Å². The first-order valence-electron chi connectivity index (χ1n) is 8.46. The first-order chi connectivity index (χ1) is 11.8. The average molecular weight is 345 g/mol. The Morgan fingerprint density at radius 3 is 2.76 bits per heavy atom. The highest BCUT2D eigenvalue weighted by Crippen LogP contribution is 2.34. The van der Waals surface area contributed by atoms with E-state index in [9.17, 15) is 9.59 Å². The van der Waals surface area contributed by atoms with Gasteiger partial charge in [0.2, 0.25) is 5.91 Å². The van der Waals surface area contributed by atoms with E-state index in [1.54, 1.807) is 20.8 Å². The molecule has 3 rings (SSSR count). The Labute approximate surface area is 146 Å². The lowest BCUT2D eigenvalue weighted by molar-refractivity contribution is -0.127. The van der Waals surface area contributed by atoms with Crippen LogP contribution in [0.1, 0.15) is 45.8 Å². The Bertz CT molecular complexity index is 802. The van der Waals surface area contributed by atoms with E-state index in [1.807, 2.05) is 31.2 Å². The number of carbonyl (C=O) groups excluding carboxylic acids is 2. The van der Waals surface area contributed by atoms with E-state index in [0.717, 1.165) is 21.6 Å². The van der Waals surface area contributed by atoms with Gasteiger partial charge >= 0.3 is 6.09 Å². The smallest absolute Gasteiger partial charge is 0.417 e. The Kier molecular flexibility index (Phi) is 4.45. The van der Waals surface area contributed by atoms with E-state index in [4.69, 9.17) is 13.9 Å². The summed E-state index contributed by atoms with van der Waals surface area (Å²) >= 11 is 0. The Balaban J connectivity index is 1.77. The minimum atomic E-state index is -0.634. The van der Waals surface area contributed by atoms with E-state index in [1.165, 1.54) is 0 Å². The van der Waals surface area contributed by atoms with Gasteiger partial charge < -0.3 is 13.9 Å². The van der Waals surface area contributed by atoms with Crippen LogP contribution in [0, 0.1) is 0 Å². The van der Waals surface area contributed by atoms with Crippen molar-refractivity contribution in [2.45, 2.75) is 45.6 Å². The molecule has 0 aliphatic carbocycles. The third-order valence-electron chi connectivity index (χ3n) is 3.96. The molecule has 1 atom stereocenters. The van der Waals surface area contributed by atoms with E-state index in [0.29, 0.717) is 12.4 Å². The fourth-order valence-electron chi connectivity index (χ4n) is 2.89. The first-order valence-corrected chi connectivity index (χ1v) is 8.46. The normalized spacial score (nSPS) is 18.0. The Morgan fingerprint density at radius 1 is 1.32 bits per heavy atom. The zero-order valence-electron chi connectivity index (χ0n) is 15.0. The van der Waals surface area contributed by atoms with Crippen LogP contribution >= 0.6 is 0 Å². The topological polar surface area (TPSA) is 69.0 Å². The zero-order valence-corrected chi connectivity index (χ0v) is 15.0. The SMILES string of the molecule is CCOc1ccc2oc(C3CC(=O)N(C(=O)OC(C)(C)C)C3)cc2c1. The largest absolute Gasteiger partial charge is 0.494 e. The lowest BCUT2D eigenvalue weighted by atomic mass is 10.1. The van der Waals surface area contributed by atoms with Crippen molar-refractivity contribution in [3.8, 4) is 5.75 Å². The maximum atomic E-state index is 12.2. The van der Waals surface area contributed by atoms with Gasteiger partial charge in [-0.25, -0.2) is 9.69 Å². The molecule has 1 fully saturated rings. The molecule has 0 saturated carbocycles. The number of carbonyl (C=O) groups is 2. The van der Waals surface area contributed by atoms with Gasteiger partial charge in [-0.3, -0.25) is 4.79 Å². The number of rotatable bonds is 3. The van der Waals surface area contributed by atoms with Gasteiger partial charge in [0.25, 0.3) is 0 Å². The summed E-state index contributed by atoms with van der Waals surface area (Å²) in [5.41, 5.74) is 0.103. The Morgan fingerprint density at radius 2 is 2.08 bits per heavy atom. The molecule has 1 aliphatic rings. The molecule has 2 heterocycles. The summed E-state index contributed by atoms with van der Waals surface area (Å²) in [5, 5.41) is 0.920. The van der Waals surface area contributed by atoms with Crippen molar-refractivity contribution in [2.75, 3.05) is 13.2 Å². The van der Waals surface area contributed by atoms with Gasteiger partial charge in [0.05, 0.1) is 6.61 Å². The van der Waals surface area contributed by atoms with Gasteiger partial charge in [0.15, 0.2) is 0 Å². The van der Waals surface area contributed by atoms with Gasteiger partial charge in [0, 0.05) is 24.3 Å². The van der Waals surface area contributed by atoms with Crippen molar-refractivity contribution < 1.29 is 23.5 Å². The predicted octanol–water partition coefficient (Wildman–Crippen LogP) is 4.08. The van der Waals surface area contributed by atoms with Crippen LogP contribution in [0.5, 0.6) is 5.75 Å². The van der Waals surface area contributed by atoms with Crippen LogP contribution in [-0.2, 0) is 9.53 Å². The van der Waals surface area contributed by atoms with Crippen LogP contribution < -0.4 is 4.74 Å². The highest BCUT2D eigenvalue weighted by Gasteiger charge is 2.38. The number of likely N-dealkylation sites (tertiary alicyclic amines) is 1. The summed E-state index contributed by atoms with van der Waals surface area (Å²) in [6.45, 7) is 8.12. The van der Waals surface area contributed by atoms with Crippen molar-refractivity contribution in [1.82, 2.24) is 4.90 Å². The van der Waals surface area contributed by atoms with E-state index in [-0.39, 0.29) is 24.8 Å². The van der Waals surface area contributed by atoms with Gasteiger partial charge in [-0.1, -0.05) is 0 Å². The molecule has 0 radical (unpaired) electrons. The number of imide groups is 1. The second kappa shape index (κ2) is 6.43. The van der Waals surface area contributed by atoms with Crippen LogP contribution in [0.25, 0.3) is 11.0 Å². The highest BCUT2D eigenvalue weighted by atomic mass is 16.6. The van der Waals surface area contributed by atoms with Crippen molar-refractivity contribution in [3.63, 3.8) is 0 Å². The molecule has 1 aliphatic heterocycles. The number of ether oxygens (including phenoxy) is 2. The highest BCUT2D eigenvalue weighted by molar-refractivity contribution is 5.94. The Hall–Kier alpha value is -2.50. The lowest BCUT2D eigenvalue weighted by Crippen LogP contribution is -2.37. The molecule has 1 saturated heterocycles. The van der Waals surface area contributed by atoms with Gasteiger partial charge in [0.1, 0.15) is 22.7 Å². The van der Waals surface area contributed by atoms with Gasteiger partial charge in [-0.05, 0) is 52.0 Å². The maximum Gasteiger partial charge on any atom is 0.417 e. The lowest BCUT2D eigenvalue weighted by Gasteiger charge is -2.23. The van der Waals surface area contributed by atoms with E-state index in [2.05, 4.69) is 0 Å². The second-order valence-corrected chi connectivity index (χ2v) is 7.17. The van der Waals surface area contributed by atoms with Gasteiger partial charge in [-0.2, -0.15) is 0 Å².